The number of nitrogens with one attached hydrogen (secondary N) is 2. The first-order valence-corrected chi connectivity index (χ1v) is 9.00. The Morgan fingerprint density at radius 2 is 1.67 bits per heavy atom. The first-order chi connectivity index (χ1) is 14.4. The molecule has 8 nitrogen and oxygen atoms in total. The Bertz CT molecular complexity index is 903. The summed E-state index contributed by atoms with van der Waals surface area (Å²) in [5, 5.41) is 4.65. The smallest absolute Gasteiger partial charge is 0.328 e. The van der Waals surface area contributed by atoms with Crippen LogP contribution in [0.3, 0.4) is 0 Å². The maximum atomic E-state index is 13.5. The molecule has 9 heteroatoms. The monoisotopic (exact) mass is 416 g/mol. The maximum Gasteiger partial charge on any atom is 0.328 e. The van der Waals surface area contributed by atoms with Gasteiger partial charge in [-0.15, -0.1) is 0 Å². The first kappa shape index (κ1) is 22.5. The van der Waals surface area contributed by atoms with Crippen LogP contribution >= 0.6 is 0 Å². The van der Waals surface area contributed by atoms with E-state index in [-0.39, 0.29) is 12.0 Å². The molecule has 2 aromatic rings. The Balaban J connectivity index is 1.80. The van der Waals surface area contributed by atoms with Gasteiger partial charge in [0, 0.05) is 6.42 Å². The normalized spacial score (nSPS) is 11.1. The number of benzene rings is 2. The Labute approximate surface area is 172 Å². The van der Waals surface area contributed by atoms with E-state index in [1.54, 1.807) is 24.3 Å². The van der Waals surface area contributed by atoms with Gasteiger partial charge in [0.25, 0.3) is 11.8 Å². The molecular weight excluding hydrogens is 395 g/mol. The van der Waals surface area contributed by atoms with Crippen molar-refractivity contribution >= 4 is 23.8 Å². The molecule has 0 saturated carbocycles. The topological polar surface area (TPSA) is 111 Å². The van der Waals surface area contributed by atoms with Crippen LogP contribution in [-0.2, 0) is 30.3 Å². The number of ether oxygens (including phenoxy) is 2. The summed E-state index contributed by atoms with van der Waals surface area (Å²) in [5.74, 6) is -3.77. The lowest BCUT2D eigenvalue weighted by Crippen LogP contribution is -2.45. The molecule has 0 spiro atoms. The molecule has 2 amide bonds. The van der Waals surface area contributed by atoms with Gasteiger partial charge in [-0.05, 0) is 17.7 Å². The van der Waals surface area contributed by atoms with Gasteiger partial charge in [0.2, 0.25) is 0 Å². The average Bonchev–Trinajstić information content (AvgIpc) is 2.76. The third-order valence-electron chi connectivity index (χ3n) is 3.98. The average molecular weight is 416 g/mol. The second kappa shape index (κ2) is 11.3. The lowest BCUT2D eigenvalue weighted by Gasteiger charge is -2.16. The first-order valence-electron chi connectivity index (χ1n) is 9.00. The number of carbonyl (C=O) groups is 4. The van der Waals surface area contributed by atoms with E-state index in [1.807, 2.05) is 6.07 Å². The number of hydrogen-bond acceptors (Lipinski definition) is 6. The highest BCUT2D eigenvalue weighted by Gasteiger charge is 2.22. The van der Waals surface area contributed by atoms with Gasteiger partial charge in [-0.25, -0.2) is 9.18 Å². The van der Waals surface area contributed by atoms with Gasteiger partial charge in [-0.1, -0.05) is 42.5 Å². The van der Waals surface area contributed by atoms with E-state index in [2.05, 4.69) is 15.4 Å². The number of carbonyl (C=O) groups excluding carboxylic acids is 4. The minimum atomic E-state index is -0.954. The van der Waals surface area contributed by atoms with Gasteiger partial charge in [0.1, 0.15) is 18.4 Å². The summed E-state index contributed by atoms with van der Waals surface area (Å²) < 4.78 is 23.0. The molecule has 0 heterocycles. The molecule has 0 bridgehead atoms. The van der Waals surface area contributed by atoms with E-state index in [9.17, 15) is 23.6 Å². The molecule has 1 atom stereocenters. The highest BCUT2D eigenvalue weighted by atomic mass is 19.1. The van der Waals surface area contributed by atoms with Crippen LogP contribution < -0.4 is 10.6 Å². The fourth-order valence-corrected chi connectivity index (χ4v) is 2.51. The van der Waals surface area contributed by atoms with Gasteiger partial charge >= 0.3 is 11.9 Å². The molecule has 0 aliphatic rings. The molecule has 0 aliphatic heterocycles. The number of esters is 2. The zero-order valence-electron chi connectivity index (χ0n) is 16.2. The quantitative estimate of drug-likeness (QED) is 0.590. The summed E-state index contributed by atoms with van der Waals surface area (Å²) in [6.45, 7) is -1.21. The van der Waals surface area contributed by atoms with Crippen LogP contribution in [0, 0.1) is 5.82 Å². The van der Waals surface area contributed by atoms with Crippen LogP contribution in [0.4, 0.5) is 4.39 Å². The van der Waals surface area contributed by atoms with Crippen LogP contribution in [-0.4, -0.2) is 50.1 Å². The second-order valence-corrected chi connectivity index (χ2v) is 6.16. The number of halogens is 1. The van der Waals surface area contributed by atoms with Crippen LogP contribution in [0.5, 0.6) is 0 Å². The second-order valence-electron chi connectivity index (χ2n) is 6.16. The van der Waals surface area contributed by atoms with Crippen molar-refractivity contribution in [1.29, 1.82) is 0 Å². The van der Waals surface area contributed by atoms with Crippen molar-refractivity contribution in [2.75, 3.05) is 20.3 Å². The van der Waals surface area contributed by atoms with E-state index in [4.69, 9.17) is 4.74 Å². The van der Waals surface area contributed by atoms with E-state index in [0.717, 1.165) is 11.6 Å². The zero-order valence-corrected chi connectivity index (χ0v) is 16.2. The van der Waals surface area contributed by atoms with Crippen molar-refractivity contribution in [3.05, 3.63) is 71.5 Å². The van der Waals surface area contributed by atoms with Gasteiger partial charge in [-0.3, -0.25) is 14.4 Å². The Morgan fingerprint density at radius 3 is 2.33 bits per heavy atom. The summed E-state index contributed by atoms with van der Waals surface area (Å²) in [6.07, 6.45) is 0.200. The molecule has 30 heavy (non-hydrogen) atoms. The molecule has 2 N–H and O–H groups in total. The fraction of sp³-hybridized carbons (Fsp3) is 0.238. The SMILES string of the molecule is COC(=O)C(Cc1ccccc1)NC(=O)COC(=O)CNC(=O)c1ccccc1F. The molecule has 2 rings (SSSR count). The molecule has 2 aromatic carbocycles. The predicted molar refractivity (Wildman–Crippen MR) is 104 cm³/mol. The Kier molecular flexibility index (Phi) is 8.49. The lowest BCUT2D eigenvalue weighted by molar-refractivity contribution is -0.149. The predicted octanol–water partition coefficient (Wildman–Crippen LogP) is 0.999. The summed E-state index contributed by atoms with van der Waals surface area (Å²) >= 11 is 0. The van der Waals surface area contributed by atoms with Crippen LogP contribution in [0.25, 0.3) is 0 Å². The van der Waals surface area contributed by atoms with Crippen molar-refractivity contribution in [1.82, 2.24) is 10.6 Å². The minimum absolute atomic E-state index is 0.200. The summed E-state index contributed by atoms with van der Waals surface area (Å²) in [4.78, 5) is 47.5. The van der Waals surface area contributed by atoms with E-state index < -0.39 is 48.8 Å². The fourth-order valence-electron chi connectivity index (χ4n) is 2.51. The molecule has 0 aliphatic carbocycles. The van der Waals surface area contributed by atoms with Gasteiger partial charge in [0.05, 0.1) is 12.7 Å². The Hall–Kier alpha value is -3.75. The van der Waals surface area contributed by atoms with Crippen molar-refractivity contribution in [2.24, 2.45) is 0 Å². The number of amides is 2. The summed E-state index contributed by atoms with van der Waals surface area (Å²) in [6, 6.07) is 13.3. The minimum Gasteiger partial charge on any atom is -0.467 e. The standard InChI is InChI=1S/C21H21FN2O6/c1-29-21(28)17(11-14-7-3-2-4-8-14)24-18(25)13-30-19(26)12-23-20(27)15-9-5-6-10-16(15)22/h2-10,17H,11-13H2,1H3,(H,23,27)(H,24,25). The van der Waals surface area contributed by atoms with Gasteiger partial charge < -0.3 is 20.1 Å². The van der Waals surface area contributed by atoms with Crippen molar-refractivity contribution < 1.29 is 33.0 Å². The molecule has 0 fully saturated rings. The molecule has 0 aromatic heterocycles. The number of hydrogen-bond donors (Lipinski definition) is 2. The van der Waals surface area contributed by atoms with Crippen LogP contribution in [0.15, 0.2) is 54.6 Å². The lowest BCUT2D eigenvalue weighted by atomic mass is 10.1. The molecule has 1 unspecified atom stereocenters. The van der Waals surface area contributed by atoms with E-state index >= 15 is 0 Å². The number of rotatable bonds is 9. The Morgan fingerprint density at radius 1 is 1.00 bits per heavy atom. The third kappa shape index (κ3) is 7.01. The van der Waals surface area contributed by atoms with Crippen LogP contribution in [0.2, 0.25) is 0 Å². The van der Waals surface area contributed by atoms with Gasteiger partial charge in [0.15, 0.2) is 6.61 Å². The number of methoxy groups -OCH3 is 1. The molecular formula is C21H21FN2O6. The van der Waals surface area contributed by atoms with Crippen LogP contribution in [0.1, 0.15) is 15.9 Å². The summed E-state index contributed by atoms with van der Waals surface area (Å²) in [5.41, 5.74) is 0.589. The zero-order chi connectivity index (χ0) is 21.9. The summed E-state index contributed by atoms with van der Waals surface area (Å²) in [7, 11) is 1.20. The maximum absolute atomic E-state index is 13.5. The molecule has 0 saturated heterocycles. The van der Waals surface area contributed by atoms with Gasteiger partial charge in [-0.2, -0.15) is 0 Å². The third-order valence-corrected chi connectivity index (χ3v) is 3.98. The molecule has 0 radical (unpaired) electrons. The highest BCUT2D eigenvalue weighted by Crippen LogP contribution is 2.06. The highest BCUT2D eigenvalue weighted by molar-refractivity contribution is 5.96. The van der Waals surface area contributed by atoms with Crippen molar-refractivity contribution in [2.45, 2.75) is 12.5 Å². The van der Waals surface area contributed by atoms with Crippen molar-refractivity contribution in [3.63, 3.8) is 0 Å². The van der Waals surface area contributed by atoms with E-state index in [0.29, 0.717) is 0 Å². The largest absolute Gasteiger partial charge is 0.467 e. The van der Waals surface area contributed by atoms with E-state index in [1.165, 1.54) is 25.3 Å². The van der Waals surface area contributed by atoms with Crippen molar-refractivity contribution in [3.8, 4) is 0 Å². The molecule has 158 valence electrons.